The van der Waals surface area contributed by atoms with Crippen molar-refractivity contribution in [2.75, 3.05) is 80.2 Å². The van der Waals surface area contributed by atoms with E-state index >= 15 is 0 Å². The van der Waals surface area contributed by atoms with E-state index in [4.69, 9.17) is 9.47 Å². The molecule has 0 radical (unpaired) electrons. The first-order chi connectivity index (χ1) is 17.2. The van der Waals surface area contributed by atoms with Crippen LogP contribution >= 0.6 is 0 Å². The van der Waals surface area contributed by atoms with Crippen LogP contribution in [0.2, 0.25) is 0 Å². The van der Waals surface area contributed by atoms with Crippen LogP contribution in [0.5, 0.6) is 5.88 Å². The van der Waals surface area contributed by atoms with Crippen LogP contribution in [0.1, 0.15) is 29.8 Å². The van der Waals surface area contributed by atoms with Gasteiger partial charge in [0.05, 0.1) is 45.5 Å². The third-order valence-corrected chi connectivity index (χ3v) is 6.49. The second kappa shape index (κ2) is 13.0. The number of fused-ring (bicyclic) bond motifs is 1. The van der Waals surface area contributed by atoms with Crippen LogP contribution in [0.3, 0.4) is 0 Å². The summed E-state index contributed by atoms with van der Waals surface area (Å²) in [5.74, 6) is 5.98. The molecule has 3 heterocycles. The van der Waals surface area contributed by atoms with Crippen molar-refractivity contribution in [2.45, 2.75) is 26.0 Å². The van der Waals surface area contributed by atoms with Crippen LogP contribution in [-0.2, 0) is 9.53 Å². The minimum Gasteiger partial charge on any atom is -0.472 e. The first-order valence-electron chi connectivity index (χ1n) is 12.5. The molecule has 198 valence electrons. The molecule has 10 heteroatoms. The van der Waals surface area contributed by atoms with Crippen molar-refractivity contribution in [3.05, 3.63) is 23.4 Å². The van der Waals surface area contributed by atoms with Gasteiger partial charge in [-0.15, -0.1) is 0 Å². The summed E-state index contributed by atoms with van der Waals surface area (Å²) in [6, 6.07) is 1.32. The number of carbonyl (C=O) groups excluding carboxylic acids is 2. The highest BCUT2D eigenvalue weighted by molar-refractivity contribution is 5.97. The number of aliphatic hydroxyl groups excluding tert-OH is 1. The van der Waals surface area contributed by atoms with Gasteiger partial charge in [0.15, 0.2) is 0 Å². The van der Waals surface area contributed by atoms with Crippen molar-refractivity contribution in [1.82, 2.24) is 24.6 Å². The summed E-state index contributed by atoms with van der Waals surface area (Å²) in [4.78, 5) is 38.2. The normalized spacial score (nSPS) is 21.5. The second-order valence-corrected chi connectivity index (χ2v) is 9.90. The Kier molecular flexibility index (Phi) is 10.1. The van der Waals surface area contributed by atoms with E-state index in [9.17, 15) is 14.7 Å². The first kappa shape index (κ1) is 27.9. The summed E-state index contributed by atoms with van der Waals surface area (Å²) in [6.45, 7) is 8.04. The standard InChI is InChI=1S/C26H39N5O5/c1-19-15-31(20(2)18-32)26(34)22-13-21(7-6-8-28(3)4)14-27-25(22)36-23(19)16-29(5)24(33)17-30-9-11-35-12-10-30/h13-14,19-20,23,32H,8-12,15-18H2,1-5H3/t19-,20+,23-/m0/s1. The van der Waals surface area contributed by atoms with Gasteiger partial charge in [-0.25, -0.2) is 4.98 Å². The molecule has 1 fully saturated rings. The molecule has 0 saturated carbocycles. The van der Waals surface area contributed by atoms with Crippen LogP contribution in [-0.4, -0.2) is 134 Å². The Morgan fingerprint density at radius 2 is 2.03 bits per heavy atom. The molecule has 0 unspecified atom stereocenters. The first-order valence-corrected chi connectivity index (χ1v) is 12.5. The Morgan fingerprint density at radius 3 is 2.69 bits per heavy atom. The number of amides is 2. The van der Waals surface area contributed by atoms with Crippen molar-refractivity contribution in [3.63, 3.8) is 0 Å². The minimum absolute atomic E-state index is 0.00566. The van der Waals surface area contributed by atoms with E-state index in [2.05, 4.69) is 21.7 Å². The van der Waals surface area contributed by atoms with E-state index in [1.165, 1.54) is 0 Å². The van der Waals surface area contributed by atoms with Crippen molar-refractivity contribution in [2.24, 2.45) is 5.92 Å². The summed E-state index contributed by atoms with van der Waals surface area (Å²) < 4.78 is 11.7. The highest BCUT2D eigenvalue weighted by Crippen LogP contribution is 2.27. The van der Waals surface area contributed by atoms with Crippen LogP contribution in [0.4, 0.5) is 0 Å². The zero-order valence-electron chi connectivity index (χ0n) is 22.1. The van der Waals surface area contributed by atoms with Gasteiger partial charge in [0.25, 0.3) is 5.91 Å². The average Bonchev–Trinajstić information content (AvgIpc) is 2.86. The predicted molar refractivity (Wildman–Crippen MR) is 136 cm³/mol. The maximum Gasteiger partial charge on any atom is 0.259 e. The van der Waals surface area contributed by atoms with Gasteiger partial charge in [-0.3, -0.25) is 19.4 Å². The molecule has 1 N–H and O–H groups in total. The monoisotopic (exact) mass is 501 g/mol. The van der Waals surface area contributed by atoms with E-state index < -0.39 is 0 Å². The third-order valence-electron chi connectivity index (χ3n) is 6.49. The Hall–Kier alpha value is -2.71. The number of pyridine rings is 1. The Morgan fingerprint density at radius 1 is 1.31 bits per heavy atom. The Bertz CT molecular complexity index is 969. The van der Waals surface area contributed by atoms with E-state index in [-0.39, 0.29) is 42.4 Å². The number of likely N-dealkylation sites (N-methyl/N-ethyl adjacent to an activating group) is 1. The van der Waals surface area contributed by atoms with E-state index in [0.29, 0.717) is 50.5 Å². The third kappa shape index (κ3) is 7.40. The fourth-order valence-electron chi connectivity index (χ4n) is 4.13. The Balaban J connectivity index is 1.83. The molecule has 0 aliphatic carbocycles. The lowest BCUT2D eigenvalue weighted by Gasteiger charge is -2.38. The molecule has 0 aromatic carbocycles. The summed E-state index contributed by atoms with van der Waals surface area (Å²) in [5, 5.41) is 9.83. The molecule has 36 heavy (non-hydrogen) atoms. The molecule has 10 nitrogen and oxygen atoms in total. The van der Waals surface area contributed by atoms with Gasteiger partial charge in [-0.1, -0.05) is 18.8 Å². The summed E-state index contributed by atoms with van der Waals surface area (Å²) in [6.07, 6.45) is 1.22. The zero-order chi connectivity index (χ0) is 26.2. The summed E-state index contributed by atoms with van der Waals surface area (Å²) >= 11 is 0. The van der Waals surface area contributed by atoms with E-state index in [0.717, 1.165) is 13.1 Å². The molecule has 0 bridgehead atoms. The van der Waals surface area contributed by atoms with E-state index in [1.807, 2.05) is 32.8 Å². The number of nitrogens with zero attached hydrogens (tertiary/aromatic N) is 5. The number of morpholine rings is 1. The van der Waals surface area contributed by atoms with Crippen molar-refractivity contribution >= 4 is 11.8 Å². The molecule has 3 rings (SSSR count). The summed E-state index contributed by atoms with van der Waals surface area (Å²) in [5.41, 5.74) is 0.929. The van der Waals surface area contributed by atoms with Crippen molar-refractivity contribution < 1.29 is 24.2 Å². The predicted octanol–water partition coefficient (Wildman–Crippen LogP) is 0.00540. The lowest BCUT2D eigenvalue weighted by Crippen LogP contribution is -2.51. The van der Waals surface area contributed by atoms with Crippen LogP contribution in [0.25, 0.3) is 0 Å². The molecule has 0 spiro atoms. The summed E-state index contributed by atoms with van der Waals surface area (Å²) in [7, 11) is 5.64. The number of aliphatic hydroxyl groups is 1. The van der Waals surface area contributed by atoms with E-state index in [1.54, 1.807) is 29.1 Å². The lowest BCUT2D eigenvalue weighted by molar-refractivity contribution is -0.133. The number of rotatable bonds is 7. The maximum absolute atomic E-state index is 13.5. The second-order valence-electron chi connectivity index (χ2n) is 9.90. The van der Waals surface area contributed by atoms with Crippen molar-refractivity contribution in [1.29, 1.82) is 0 Å². The van der Waals surface area contributed by atoms with Gasteiger partial charge in [0.1, 0.15) is 11.7 Å². The quantitative estimate of drug-likeness (QED) is 0.522. The highest BCUT2D eigenvalue weighted by atomic mass is 16.5. The topological polar surface area (TPSA) is 98.7 Å². The molecule has 2 aliphatic heterocycles. The molecular formula is C26H39N5O5. The SMILES string of the molecule is C[C@H](CO)N1C[C@H](C)[C@H](CN(C)C(=O)CN2CCOCC2)Oc2ncc(C#CCN(C)C)cc2C1=O. The molecule has 1 saturated heterocycles. The fraction of sp³-hybridized carbons (Fsp3) is 0.654. The van der Waals surface area contributed by atoms with Crippen LogP contribution < -0.4 is 4.74 Å². The minimum atomic E-state index is -0.387. The Labute approximate surface area is 214 Å². The van der Waals surface area contributed by atoms with Gasteiger partial charge < -0.3 is 24.4 Å². The number of carbonyl (C=O) groups is 2. The molecule has 1 aromatic rings. The van der Waals surface area contributed by atoms with Gasteiger partial charge >= 0.3 is 0 Å². The highest BCUT2D eigenvalue weighted by Gasteiger charge is 2.34. The van der Waals surface area contributed by atoms with Crippen molar-refractivity contribution in [3.8, 4) is 17.7 Å². The molecule has 3 atom stereocenters. The number of aromatic nitrogens is 1. The number of hydrogen-bond acceptors (Lipinski definition) is 8. The fourth-order valence-corrected chi connectivity index (χ4v) is 4.13. The van der Waals surface area contributed by atoms with Gasteiger partial charge in [-0.05, 0) is 27.1 Å². The van der Waals surface area contributed by atoms with Gasteiger partial charge in [0, 0.05) is 44.4 Å². The van der Waals surface area contributed by atoms with Gasteiger partial charge in [0.2, 0.25) is 11.8 Å². The largest absolute Gasteiger partial charge is 0.472 e. The molecular weight excluding hydrogens is 462 g/mol. The number of hydrogen-bond donors (Lipinski definition) is 1. The number of ether oxygens (including phenoxy) is 2. The molecule has 2 aliphatic rings. The average molecular weight is 502 g/mol. The maximum atomic E-state index is 13.5. The smallest absolute Gasteiger partial charge is 0.259 e. The van der Waals surface area contributed by atoms with Crippen LogP contribution in [0.15, 0.2) is 12.3 Å². The van der Waals surface area contributed by atoms with Crippen LogP contribution in [0, 0.1) is 17.8 Å². The van der Waals surface area contributed by atoms with Gasteiger partial charge in [-0.2, -0.15) is 0 Å². The lowest BCUT2D eigenvalue weighted by atomic mass is 10.00. The molecule has 2 amide bonds. The molecule has 1 aromatic heterocycles. The zero-order valence-corrected chi connectivity index (χ0v) is 22.1.